The molecule has 0 aliphatic carbocycles. The first-order chi connectivity index (χ1) is 8.10. The number of nitrogens with two attached hydrogens (primary N) is 1. The third-order valence-corrected chi connectivity index (χ3v) is 2.32. The second-order valence-corrected chi connectivity index (χ2v) is 3.58. The smallest absolute Gasteiger partial charge is 0.159 e. The molecule has 17 heavy (non-hydrogen) atoms. The second kappa shape index (κ2) is 4.45. The normalized spacial score (nSPS) is 10.5. The quantitative estimate of drug-likeness (QED) is 0.870. The molecule has 0 aliphatic heterocycles. The highest BCUT2D eigenvalue weighted by atomic mass is 19.2. The highest BCUT2D eigenvalue weighted by molar-refractivity contribution is 5.61. The van der Waals surface area contributed by atoms with Gasteiger partial charge in [0, 0.05) is 18.1 Å². The zero-order chi connectivity index (χ0) is 12.4. The highest BCUT2D eigenvalue weighted by Crippen LogP contribution is 2.21. The van der Waals surface area contributed by atoms with E-state index in [2.05, 4.69) is 9.97 Å². The first-order valence-electron chi connectivity index (χ1n) is 5.19. The van der Waals surface area contributed by atoms with E-state index in [-0.39, 0.29) is 0 Å². The van der Waals surface area contributed by atoms with E-state index in [1.165, 1.54) is 12.1 Å². The van der Waals surface area contributed by atoms with Crippen molar-refractivity contribution in [3.05, 3.63) is 41.7 Å². The molecule has 5 heteroatoms. The molecule has 2 aromatic rings. The Kier molecular flexibility index (Phi) is 2.99. The topological polar surface area (TPSA) is 51.8 Å². The lowest BCUT2D eigenvalue weighted by Crippen LogP contribution is -2.00. The molecule has 0 unspecified atom stereocenters. The third kappa shape index (κ3) is 2.38. The van der Waals surface area contributed by atoms with Gasteiger partial charge in [-0.1, -0.05) is 6.92 Å². The van der Waals surface area contributed by atoms with Crippen LogP contribution in [0.5, 0.6) is 0 Å². The maximum absolute atomic E-state index is 13.1. The molecule has 0 spiro atoms. The van der Waals surface area contributed by atoms with Crippen molar-refractivity contribution in [2.75, 3.05) is 5.73 Å². The minimum atomic E-state index is -0.905. The Bertz CT molecular complexity index is 555. The van der Waals surface area contributed by atoms with Gasteiger partial charge in [0.1, 0.15) is 11.6 Å². The van der Waals surface area contributed by atoms with Crippen LogP contribution < -0.4 is 5.73 Å². The molecule has 1 aromatic carbocycles. The lowest BCUT2D eigenvalue weighted by molar-refractivity contribution is 0.509. The largest absolute Gasteiger partial charge is 0.384 e. The Morgan fingerprint density at radius 2 is 1.88 bits per heavy atom. The minimum Gasteiger partial charge on any atom is -0.384 e. The van der Waals surface area contributed by atoms with Crippen LogP contribution in [0.15, 0.2) is 24.3 Å². The summed E-state index contributed by atoms with van der Waals surface area (Å²) in [7, 11) is 0. The van der Waals surface area contributed by atoms with Crippen molar-refractivity contribution < 1.29 is 8.78 Å². The van der Waals surface area contributed by atoms with E-state index in [9.17, 15) is 8.78 Å². The van der Waals surface area contributed by atoms with E-state index >= 15 is 0 Å². The highest BCUT2D eigenvalue weighted by Gasteiger charge is 2.07. The number of nitrogen functional groups attached to an aromatic ring is 1. The van der Waals surface area contributed by atoms with Crippen LogP contribution in [-0.2, 0) is 6.42 Å². The van der Waals surface area contributed by atoms with Crippen molar-refractivity contribution >= 4 is 5.82 Å². The van der Waals surface area contributed by atoms with Gasteiger partial charge in [-0.15, -0.1) is 0 Å². The number of aryl methyl sites for hydroxylation is 1. The number of aromatic nitrogens is 2. The lowest BCUT2D eigenvalue weighted by atomic mass is 10.1. The van der Waals surface area contributed by atoms with E-state index in [0.29, 0.717) is 29.3 Å². The fourth-order valence-electron chi connectivity index (χ4n) is 1.48. The van der Waals surface area contributed by atoms with Gasteiger partial charge in [0.25, 0.3) is 0 Å². The van der Waals surface area contributed by atoms with Gasteiger partial charge >= 0.3 is 0 Å². The van der Waals surface area contributed by atoms with Crippen LogP contribution >= 0.6 is 0 Å². The molecule has 1 aromatic heterocycles. The lowest BCUT2D eigenvalue weighted by Gasteiger charge is -2.05. The number of halogens is 2. The van der Waals surface area contributed by atoms with E-state index < -0.39 is 11.6 Å². The van der Waals surface area contributed by atoms with Crippen molar-refractivity contribution in [1.29, 1.82) is 0 Å². The number of benzene rings is 1. The van der Waals surface area contributed by atoms with Crippen molar-refractivity contribution in [2.24, 2.45) is 0 Å². The minimum absolute atomic E-state index is 0.316. The summed E-state index contributed by atoms with van der Waals surface area (Å²) in [5, 5.41) is 0. The Morgan fingerprint density at radius 3 is 2.53 bits per heavy atom. The van der Waals surface area contributed by atoms with E-state index in [4.69, 9.17) is 5.73 Å². The van der Waals surface area contributed by atoms with Crippen molar-refractivity contribution in [2.45, 2.75) is 13.3 Å². The van der Waals surface area contributed by atoms with Crippen molar-refractivity contribution in [3.8, 4) is 11.3 Å². The number of rotatable bonds is 2. The van der Waals surface area contributed by atoms with Crippen LogP contribution in [0.3, 0.4) is 0 Å². The maximum atomic E-state index is 13.1. The van der Waals surface area contributed by atoms with Gasteiger partial charge in [-0.25, -0.2) is 18.7 Å². The molecule has 0 saturated carbocycles. The molecule has 0 aliphatic rings. The summed E-state index contributed by atoms with van der Waals surface area (Å²) in [6.45, 7) is 1.89. The zero-order valence-corrected chi connectivity index (χ0v) is 9.24. The SMILES string of the molecule is CCc1nc(N)cc(-c2ccc(F)c(F)c2)n1. The zero-order valence-electron chi connectivity index (χ0n) is 9.24. The van der Waals surface area contributed by atoms with Gasteiger partial charge in [-0.3, -0.25) is 0 Å². The summed E-state index contributed by atoms with van der Waals surface area (Å²) in [4.78, 5) is 8.23. The first kappa shape index (κ1) is 11.4. The molecule has 2 N–H and O–H groups in total. The number of hydrogen-bond donors (Lipinski definition) is 1. The molecule has 2 rings (SSSR count). The standard InChI is InChI=1S/C12H11F2N3/c1-2-12-16-10(6-11(15)17-12)7-3-4-8(13)9(14)5-7/h3-6H,2H2,1H3,(H2,15,16,17). The predicted molar refractivity (Wildman–Crippen MR) is 61.2 cm³/mol. The molecule has 0 atom stereocenters. The summed E-state index contributed by atoms with van der Waals surface area (Å²) in [5.41, 5.74) is 6.59. The predicted octanol–water partition coefficient (Wildman–Crippen LogP) is 2.57. The molecular formula is C12H11F2N3. The van der Waals surface area contributed by atoms with Gasteiger partial charge in [-0.2, -0.15) is 0 Å². The summed E-state index contributed by atoms with van der Waals surface area (Å²) in [6, 6.07) is 5.15. The third-order valence-electron chi connectivity index (χ3n) is 2.32. The van der Waals surface area contributed by atoms with Crippen LogP contribution in [0.4, 0.5) is 14.6 Å². The van der Waals surface area contributed by atoms with Gasteiger partial charge in [0.15, 0.2) is 11.6 Å². The fourth-order valence-corrected chi connectivity index (χ4v) is 1.48. The van der Waals surface area contributed by atoms with E-state index in [0.717, 1.165) is 12.1 Å². The maximum Gasteiger partial charge on any atom is 0.159 e. The van der Waals surface area contributed by atoms with Gasteiger partial charge in [0.05, 0.1) is 5.69 Å². The average molecular weight is 235 g/mol. The van der Waals surface area contributed by atoms with Crippen molar-refractivity contribution in [1.82, 2.24) is 9.97 Å². The molecule has 0 saturated heterocycles. The Morgan fingerprint density at radius 1 is 1.12 bits per heavy atom. The van der Waals surface area contributed by atoms with E-state index in [1.807, 2.05) is 6.92 Å². The Labute approximate surface area is 97.3 Å². The molecule has 0 fully saturated rings. The summed E-state index contributed by atoms with van der Waals surface area (Å²) in [5.74, 6) is -0.898. The first-order valence-corrected chi connectivity index (χ1v) is 5.19. The fraction of sp³-hybridized carbons (Fsp3) is 0.167. The van der Waals surface area contributed by atoms with Crippen LogP contribution in [0.2, 0.25) is 0 Å². The molecule has 0 bridgehead atoms. The van der Waals surface area contributed by atoms with Crippen molar-refractivity contribution in [3.63, 3.8) is 0 Å². The molecule has 0 radical (unpaired) electrons. The van der Waals surface area contributed by atoms with Gasteiger partial charge < -0.3 is 5.73 Å². The van der Waals surface area contributed by atoms with Crippen LogP contribution in [0.25, 0.3) is 11.3 Å². The van der Waals surface area contributed by atoms with Crippen LogP contribution in [0, 0.1) is 11.6 Å². The number of anilines is 1. The van der Waals surface area contributed by atoms with Crippen LogP contribution in [-0.4, -0.2) is 9.97 Å². The van der Waals surface area contributed by atoms with Crippen LogP contribution in [0.1, 0.15) is 12.7 Å². The number of hydrogen-bond acceptors (Lipinski definition) is 3. The molecular weight excluding hydrogens is 224 g/mol. The monoisotopic (exact) mass is 235 g/mol. The average Bonchev–Trinajstić information content (AvgIpc) is 2.32. The molecule has 3 nitrogen and oxygen atoms in total. The summed E-state index contributed by atoms with van der Waals surface area (Å²) in [6.07, 6.45) is 0.627. The summed E-state index contributed by atoms with van der Waals surface area (Å²) < 4.78 is 25.9. The Hall–Kier alpha value is -2.04. The second-order valence-electron chi connectivity index (χ2n) is 3.58. The van der Waals surface area contributed by atoms with E-state index in [1.54, 1.807) is 0 Å². The number of nitrogens with zero attached hydrogens (tertiary/aromatic N) is 2. The van der Waals surface area contributed by atoms with Gasteiger partial charge in [0.2, 0.25) is 0 Å². The van der Waals surface area contributed by atoms with Gasteiger partial charge in [-0.05, 0) is 18.2 Å². The summed E-state index contributed by atoms with van der Waals surface area (Å²) >= 11 is 0. The molecule has 0 amide bonds. The molecule has 1 heterocycles. The molecule has 88 valence electrons. The Balaban J connectivity index is 2.52.